The Bertz CT molecular complexity index is 1230. The summed E-state index contributed by atoms with van der Waals surface area (Å²) in [7, 11) is 3.41. The number of benzene rings is 1. The van der Waals surface area contributed by atoms with Gasteiger partial charge in [-0.05, 0) is 53.6 Å². The number of H-pyrrole nitrogens is 1. The van der Waals surface area contributed by atoms with E-state index in [4.69, 9.17) is 20.4 Å². The van der Waals surface area contributed by atoms with E-state index < -0.39 is 9.05 Å². The first-order chi connectivity index (χ1) is 13.7. The normalized spacial score (nSPS) is 11.9. The number of hydrogen-bond donors (Lipinski definition) is 1. The van der Waals surface area contributed by atoms with Gasteiger partial charge in [-0.25, -0.2) is 13.4 Å². The molecule has 0 aliphatic carbocycles. The number of aryl methyl sites for hydroxylation is 2. The van der Waals surface area contributed by atoms with E-state index in [0.29, 0.717) is 29.0 Å². The number of rotatable bonds is 7. The Morgan fingerprint density at radius 2 is 2.00 bits per heavy atom. The van der Waals surface area contributed by atoms with Crippen molar-refractivity contribution in [1.29, 1.82) is 0 Å². The molecule has 0 radical (unpaired) electrons. The van der Waals surface area contributed by atoms with Crippen molar-refractivity contribution in [2.24, 2.45) is 7.05 Å². The average Bonchev–Trinajstić information content (AvgIpc) is 2.91. The van der Waals surface area contributed by atoms with Gasteiger partial charge < -0.3 is 14.3 Å². The zero-order valence-electron chi connectivity index (χ0n) is 16.3. The summed E-state index contributed by atoms with van der Waals surface area (Å²) >= 11 is 2.21. The first-order valence-corrected chi connectivity index (χ1v) is 12.6. The maximum atomic E-state index is 12.9. The number of fused-ring (bicyclic) bond motifs is 1. The molecule has 0 aliphatic heterocycles. The van der Waals surface area contributed by atoms with Crippen molar-refractivity contribution in [1.82, 2.24) is 14.5 Å². The summed E-state index contributed by atoms with van der Waals surface area (Å²) in [5, 5.41) is 0. The SMILES string of the molecule is CCCOc1ccc(S(=O)(=O)Cl)cc1-c1nc2c(CCC)c(I)n(C)c2c(=O)[nH]1. The van der Waals surface area contributed by atoms with Crippen LogP contribution in [-0.4, -0.2) is 29.6 Å². The van der Waals surface area contributed by atoms with Gasteiger partial charge in [0.15, 0.2) is 0 Å². The van der Waals surface area contributed by atoms with Crippen LogP contribution in [0.25, 0.3) is 22.4 Å². The largest absolute Gasteiger partial charge is 0.493 e. The second-order valence-corrected chi connectivity index (χ2v) is 10.2. The Hall–Kier alpha value is -1.59. The summed E-state index contributed by atoms with van der Waals surface area (Å²) < 4.78 is 32.2. The smallest absolute Gasteiger partial charge is 0.275 e. The molecular formula is C19H21ClIN3O4S. The third-order valence-electron chi connectivity index (χ3n) is 4.51. The van der Waals surface area contributed by atoms with Gasteiger partial charge in [-0.2, -0.15) is 0 Å². The molecule has 0 amide bonds. The van der Waals surface area contributed by atoms with Gasteiger partial charge in [0.05, 0.1) is 20.8 Å². The predicted molar refractivity (Wildman–Crippen MR) is 122 cm³/mol. The van der Waals surface area contributed by atoms with E-state index in [0.717, 1.165) is 28.5 Å². The number of halogens is 2. The first kappa shape index (κ1) is 22.1. The van der Waals surface area contributed by atoms with Crippen LogP contribution in [0.5, 0.6) is 5.75 Å². The molecule has 10 heteroatoms. The van der Waals surface area contributed by atoms with Crippen LogP contribution in [0.15, 0.2) is 27.9 Å². The molecule has 1 N–H and O–H groups in total. The third-order valence-corrected chi connectivity index (χ3v) is 7.24. The molecule has 2 aromatic heterocycles. The van der Waals surface area contributed by atoms with Crippen molar-refractivity contribution >= 4 is 53.4 Å². The summed E-state index contributed by atoms with van der Waals surface area (Å²) in [5.74, 6) is 0.677. The Labute approximate surface area is 187 Å². The van der Waals surface area contributed by atoms with Crippen molar-refractivity contribution in [2.75, 3.05) is 6.61 Å². The number of aromatic amines is 1. The zero-order chi connectivity index (χ0) is 21.3. The lowest BCUT2D eigenvalue weighted by atomic mass is 10.1. The lowest BCUT2D eigenvalue weighted by Crippen LogP contribution is -2.13. The average molecular weight is 550 g/mol. The second-order valence-electron chi connectivity index (χ2n) is 6.63. The fourth-order valence-electron chi connectivity index (χ4n) is 3.17. The quantitative estimate of drug-likeness (QED) is 0.352. The minimum atomic E-state index is -3.95. The summed E-state index contributed by atoms with van der Waals surface area (Å²) in [4.78, 5) is 20.3. The van der Waals surface area contributed by atoms with E-state index >= 15 is 0 Å². The molecule has 0 fully saturated rings. The van der Waals surface area contributed by atoms with Crippen molar-refractivity contribution in [3.63, 3.8) is 0 Å². The Morgan fingerprint density at radius 3 is 2.62 bits per heavy atom. The van der Waals surface area contributed by atoms with Crippen LogP contribution in [0.3, 0.4) is 0 Å². The maximum Gasteiger partial charge on any atom is 0.275 e. The molecule has 1 aromatic carbocycles. The summed E-state index contributed by atoms with van der Waals surface area (Å²) in [6.45, 7) is 4.47. The van der Waals surface area contributed by atoms with Crippen LogP contribution in [0.4, 0.5) is 0 Å². The van der Waals surface area contributed by atoms with E-state index in [9.17, 15) is 13.2 Å². The van der Waals surface area contributed by atoms with Crippen molar-refractivity contribution in [3.8, 4) is 17.1 Å². The fourth-order valence-corrected chi connectivity index (χ4v) is 4.71. The highest BCUT2D eigenvalue weighted by atomic mass is 127. The molecule has 156 valence electrons. The van der Waals surface area contributed by atoms with Crippen molar-refractivity contribution < 1.29 is 13.2 Å². The van der Waals surface area contributed by atoms with Gasteiger partial charge in [0, 0.05) is 23.3 Å². The molecule has 0 atom stereocenters. The Morgan fingerprint density at radius 1 is 1.28 bits per heavy atom. The second kappa shape index (κ2) is 8.65. The number of nitrogens with one attached hydrogen (secondary N) is 1. The van der Waals surface area contributed by atoms with Crippen molar-refractivity contribution in [2.45, 2.75) is 38.0 Å². The summed E-state index contributed by atoms with van der Waals surface area (Å²) in [5.41, 5.74) is 2.17. The highest BCUT2D eigenvalue weighted by molar-refractivity contribution is 14.1. The Balaban J connectivity index is 2.32. The van der Waals surface area contributed by atoms with Gasteiger partial charge in [0.2, 0.25) is 0 Å². The summed E-state index contributed by atoms with van der Waals surface area (Å²) in [6.07, 6.45) is 2.46. The number of nitrogens with zero attached hydrogens (tertiary/aromatic N) is 2. The molecule has 3 aromatic rings. The van der Waals surface area contributed by atoms with Gasteiger partial charge in [-0.1, -0.05) is 20.3 Å². The van der Waals surface area contributed by atoms with Crippen LogP contribution in [0.2, 0.25) is 0 Å². The predicted octanol–water partition coefficient (Wildman–Crippen LogP) is 4.20. The number of hydrogen-bond acceptors (Lipinski definition) is 5. The minimum Gasteiger partial charge on any atom is -0.493 e. The molecule has 0 spiro atoms. The molecule has 3 rings (SSSR count). The molecule has 0 saturated carbocycles. The maximum absolute atomic E-state index is 12.9. The number of aromatic nitrogens is 3. The van der Waals surface area contributed by atoms with Crippen LogP contribution < -0.4 is 10.3 Å². The number of ether oxygens (including phenoxy) is 1. The minimum absolute atomic E-state index is 0.0859. The van der Waals surface area contributed by atoms with Gasteiger partial charge in [-0.3, -0.25) is 4.79 Å². The van der Waals surface area contributed by atoms with E-state index in [1.165, 1.54) is 18.2 Å². The van der Waals surface area contributed by atoms with Crippen LogP contribution in [0, 0.1) is 3.70 Å². The molecule has 2 heterocycles. The Kier molecular flexibility index (Phi) is 6.59. The van der Waals surface area contributed by atoms with E-state index in [-0.39, 0.29) is 16.3 Å². The highest BCUT2D eigenvalue weighted by Gasteiger charge is 2.21. The van der Waals surface area contributed by atoms with Crippen molar-refractivity contribution in [3.05, 3.63) is 37.8 Å². The third kappa shape index (κ3) is 4.31. The molecule has 0 unspecified atom stereocenters. The van der Waals surface area contributed by atoms with Crippen LogP contribution in [0.1, 0.15) is 32.3 Å². The molecule has 0 saturated heterocycles. The van der Waals surface area contributed by atoms with Gasteiger partial charge >= 0.3 is 0 Å². The zero-order valence-corrected chi connectivity index (χ0v) is 20.0. The first-order valence-electron chi connectivity index (χ1n) is 9.18. The monoisotopic (exact) mass is 549 g/mol. The molecule has 29 heavy (non-hydrogen) atoms. The molecule has 7 nitrogen and oxygen atoms in total. The molecular weight excluding hydrogens is 529 g/mol. The van der Waals surface area contributed by atoms with E-state index in [1.54, 1.807) is 0 Å². The van der Waals surface area contributed by atoms with Crippen LogP contribution >= 0.6 is 33.3 Å². The highest BCUT2D eigenvalue weighted by Crippen LogP contribution is 2.33. The fraction of sp³-hybridized carbons (Fsp3) is 0.368. The van der Waals surface area contributed by atoms with Gasteiger partial charge in [-0.15, -0.1) is 0 Å². The van der Waals surface area contributed by atoms with Crippen LogP contribution in [-0.2, 0) is 22.5 Å². The van der Waals surface area contributed by atoms with E-state index in [2.05, 4.69) is 34.5 Å². The van der Waals surface area contributed by atoms with Gasteiger partial charge in [0.25, 0.3) is 14.6 Å². The lowest BCUT2D eigenvalue weighted by Gasteiger charge is -2.12. The summed E-state index contributed by atoms with van der Waals surface area (Å²) in [6, 6.07) is 4.29. The lowest BCUT2D eigenvalue weighted by molar-refractivity contribution is 0.318. The molecule has 0 aliphatic rings. The van der Waals surface area contributed by atoms with E-state index in [1.807, 2.05) is 18.5 Å². The standard InChI is InChI=1S/C19H21ClIN3O4S/c1-4-6-12-15-16(24(3)17(12)21)19(25)23-18(22-15)13-10-11(29(20,26)27)7-8-14(13)28-9-5-2/h7-8,10H,4-6,9H2,1-3H3,(H,22,23,25). The molecule has 0 bridgehead atoms. The van der Waals surface area contributed by atoms with Gasteiger partial charge in [0.1, 0.15) is 22.6 Å². The topological polar surface area (TPSA) is 94.1 Å².